The Labute approximate surface area is 75.6 Å². The van der Waals surface area contributed by atoms with Crippen molar-refractivity contribution in [2.45, 2.75) is 12.0 Å². The van der Waals surface area contributed by atoms with Crippen molar-refractivity contribution in [3.63, 3.8) is 0 Å². The molecule has 0 saturated carbocycles. The Morgan fingerprint density at radius 2 is 1.73 bits per heavy atom. The van der Waals surface area contributed by atoms with Crippen LogP contribution in [0.4, 0.5) is 0 Å². The molecule has 1 unspecified atom stereocenters. The van der Waals surface area contributed by atoms with Crippen LogP contribution in [0.15, 0.2) is 24.3 Å². The van der Waals surface area contributed by atoms with E-state index in [4.69, 9.17) is 23.2 Å². The number of hydrogen-bond donors (Lipinski definition) is 1. The number of halogens is 2. The van der Waals surface area contributed by atoms with Gasteiger partial charge in [0, 0.05) is 5.02 Å². The number of aliphatic hydroxyl groups is 1. The minimum Gasteiger partial charge on any atom is -0.371 e. The lowest BCUT2D eigenvalue weighted by molar-refractivity contribution is 0.150. The molecule has 3 heteroatoms. The lowest BCUT2D eigenvalue weighted by Gasteiger charge is -2.14. The maximum Gasteiger partial charge on any atom is 0.161 e. The lowest BCUT2D eigenvalue weighted by Crippen LogP contribution is -2.11. The molecule has 1 rings (SSSR count). The largest absolute Gasteiger partial charge is 0.371 e. The van der Waals surface area contributed by atoms with Crippen LogP contribution in [-0.4, -0.2) is 5.11 Å². The quantitative estimate of drug-likeness (QED) is 0.676. The highest BCUT2D eigenvalue weighted by Gasteiger charge is 2.17. The smallest absolute Gasteiger partial charge is 0.161 e. The predicted molar refractivity (Wildman–Crippen MR) is 46.9 cm³/mol. The van der Waals surface area contributed by atoms with Crippen LogP contribution in [0.3, 0.4) is 0 Å². The van der Waals surface area contributed by atoms with E-state index in [1.165, 1.54) is 6.92 Å². The van der Waals surface area contributed by atoms with E-state index in [1.807, 2.05) is 0 Å². The van der Waals surface area contributed by atoms with E-state index in [0.717, 1.165) is 0 Å². The molecule has 0 aromatic heterocycles. The number of hydrogen-bond acceptors (Lipinski definition) is 1. The van der Waals surface area contributed by atoms with Crippen LogP contribution >= 0.6 is 23.2 Å². The van der Waals surface area contributed by atoms with Gasteiger partial charge in [-0.25, -0.2) is 0 Å². The van der Waals surface area contributed by atoms with Crippen molar-refractivity contribution in [1.82, 2.24) is 0 Å². The van der Waals surface area contributed by atoms with Crippen LogP contribution in [0.5, 0.6) is 0 Å². The summed E-state index contributed by atoms with van der Waals surface area (Å²) in [6.07, 6.45) is 0. The lowest BCUT2D eigenvalue weighted by atomic mass is 10.1. The van der Waals surface area contributed by atoms with Gasteiger partial charge in [-0.3, -0.25) is 0 Å². The van der Waals surface area contributed by atoms with Crippen LogP contribution in [0, 0.1) is 0 Å². The van der Waals surface area contributed by atoms with E-state index < -0.39 is 5.06 Å². The van der Waals surface area contributed by atoms with Gasteiger partial charge in [0.1, 0.15) is 0 Å². The van der Waals surface area contributed by atoms with Gasteiger partial charge in [0.2, 0.25) is 0 Å². The van der Waals surface area contributed by atoms with Gasteiger partial charge < -0.3 is 5.11 Å². The molecule has 0 saturated heterocycles. The van der Waals surface area contributed by atoms with Crippen LogP contribution < -0.4 is 0 Å². The maximum absolute atomic E-state index is 9.30. The number of benzene rings is 1. The maximum atomic E-state index is 9.30. The van der Waals surface area contributed by atoms with Gasteiger partial charge in [-0.05, 0) is 24.6 Å². The van der Waals surface area contributed by atoms with Gasteiger partial charge in [0.25, 0.3) is 0 Å². The predicted octanol–water partition coefficient (Wildman–Crippen LogP) is 2.74. The van der Waals surface area contributed by atoms with Crippen LogP contribution in [0.25, 0.3) is 0 Å². The van der Waals surface area contributed by atoms with Crippen molar-refractivity contribution in [3.05, 3.63) is 34.9 Å². The van der Waals surface area contributed by atoms with E-state index in [2.05, 4.69) is 0 Å². The highest BCUT2D eigenvalue weighted by molar-refractivity contribution is 6.30. The fraction of sp³-hybridized carbons (Fsp3) is 0.250. The Balaban J connectivity index is 2.99. The highest BCUT2D eigenvalue weighted by atomic mass is 35.5. The molecule has 1 aromatic rings. The second kappa shape index (κ2) is 3.02. The fourth-order valence-corrected chi connectivity index (χ4v) is 1.01. The van der Waals surface area contributed by atoms with Gasteiger partial charge in [0.05, 0.1) is 0 Å². The molecule has 11 heavy (non-hydrogen) atoms. The van der Waals surface area contributed by atoms with E-state index in [0.29, 0.717) is 10.6 Å². The molecule has 1 aromatic carbocycles. The summed E-state index contributed by atoms with van der Waals surface area (Å²) in [4.78, 5) is 0. The van der Waals surface area contributed by atoms with E-state index >= 15 is 0 Å². The Morgan fingerprint density at radius 1 is 1.27 bits per heavy atom. The molecular formula is C8H8Cl2O. The summed E-state index contributed by atoms with van der Waals surface area (Å²) in [7, 11) is 0. The summed E-state index contributed by atoms with van der Waals surface area (Å²) in [5, 5.41) is 8.64. The Hall–Kier alpha value is -0.240. The molecule has 0 aliphatic heterocycles. The Bertz CT molecular complexity index is 235. The first kappa shape index (κ1) is 8.85. The normalized spacial score (nSPS) is 16.0. The zero-order chi connectivity index (χ0) is 8.48. The van der Waals surface area contributed by atoms with Crippen molar-refractivity contribution in [2.75, 3.05) is 0 Å². The number of alkyl halides is 1. The van der Waals surface area contributed by atoms with Crippen molar-refractivity contribution in [1.29, 1.82) is 0 Å². The van der Waals surface area contributed by atoms with E-state index in [1.54, 1.807) is 24.3 Å². The SMILES string of the molecule is CC(O)(Cl)c1ccc(Cl)cc1. The minimum absolute atomic E-state index is 0.634. The molecule has 0 spiro atoms. The van der Waals surface area contributed by atoms with Crippen molar-refractivity contribution < 1.29 is 5.11 Å². The average Bonchev–Trinajstić information content (AvgIpc) is 1.86. The molecule has 0 aliphatic rings. The standard InChI is InChI=1S/C8H8Cl2O/c1-8(10,11)6-2-4-7(9)5-3-6/h2-5,11H,1H3. The molecule has 0 aliphatic carbocycles. The van der Waals surface area contributed by atoms with E-state index in [-0.39, 0.29) is 0 Å². The van der Waals surface area contributed by atoms with Gasteiger partial charge in [0.15, 0.2) is 5.06 Å². The molecule has 60 valence electrons. The third-order valence-corrected chi connectivity index (χ3v) is 1.84. The first-order valence-electron chi connectivity index (χ1n) is 3.17. The highest BCUT2D eigenvalue weighted by Crippen LogP contribution is 2.25. The fourth-order valence-electron chi connectivity index (χ4n) is 0.754. The Morgan fingerprint density at radius 3 is 2.09 bits per heavy atom. The van der Waals surface area contributed by atoms with Gasteiger partial charge >= 0.3 is 0 Å². The zero-order valence-corrected chi connectivity index (χ0v) is 7.52. The molecule has 0 fully saturated rings. The average molecular weight is 191 g/mol. The van der Waals surface area contributed by atoms with Gasteiger partial charge in [-0.15, -0.1) is 0 Å². The summed E-state index contributed by atoms with van der Waals surface area (Å²) in [5.74, 6) is 0. The molecule has 0 radical (unpaired) electrons. The van der Waals surface area contributed by atoms with Crippen LogP contribution in [0.2, 0.25) is 5.02 Å². The zero-order valence-electron chi connectivity index (χ0n) is 6.01. The summed E-state index contributed by atoms with van der Waals surface area (Å²) in [6.45, 7) is 1.51. The monoisotopic (exact) mass is 190 g/mol. The van der Waals surface area contributed by atoms with E-state index in [9.17, 15) is 5.11 Å². The first-order valence-corrected chi connectivity index (χ1v) is 3.93. The van der Waals surface area contributed by atoms with Crippen molar-refractivity contribution >= 4 is 23.2 Å². The number of rotatable bonds is 1. The van der Waals surface area contributed by atoms with Crippen LogP contribution in [-0.2, 0) is 5.06 Å². The minimum atomic E-state index is -1.30. The second-order valence-corrected chi connectivity index (χ2v) is 3.63. The third kappa shape index (κ3) is 2.37. The summed E-state index contributed by atoms with van der Waals surface area (Å²) in [6, 6.07) is 6.76. The molecule has 1 nitrogen and oxygen atoms in total. The molecule has 0 heterocycles. The summed E-state index contributed by atoms with van der Waals surface area (Å²) in [5.41, 5.74) is 0.642. The molecule has 0 bridgehead atoms. The first-order chi connectivity index (χ1) is 5.00. The molecular weight excluding hydrogens is 183 g/mol. The third-order valence-electron chi connectivity index (χ3n) is 1.37. The van der Waals surface area contributed by atoms with Crippen LogP contribution in [0.1, 0.15) is 12.5 Å². The summed E-state index contributed by atoms with van der Waals surface area (Å²) < 4.78 is 0. The summed E-state index contributed by atoms with van der Waals surface area (Å²) >= 11 is 11.3. The topological polar surface area (TPSA) is 20.2 Å². The van der Waals surface area contributed by atoms with Gasteiger partial charge in [-0.1, -0.05) is 35.3 Å². The van der Waals surface area contributed by atoms with Crippen molar-refractivity contribution in [3.8, 4) is 0 Å². The molecule has 1 atom stereocenters. The van der Waals surface area contributed by atoms with Crippen molar-refractivity contribution in [2.24, 2.45) is 0 Å². The molecule has 1 N–H and O–H groups in total. The van der Waals surface area contributed by atoms with Gasteiger partial charge in [-0.2, -0.15) is 0 Å². The second-order valence-electron chi connectivity index (χ2n) is 2.46. The Kier molecular flexibility index (Phi) is 2.43. The molecule has 0 amide bonds.